The molecule has 9 heteroatoms. The van der Waals surface area contributed by atoms with Crippen LogP contribution < -0.4 is 23.8 Å². The highest BCUT2D eigenvalue weighted by Gasteiger charge is 2.35. The number of ether oxygens (including phenoxy) is 3. The summed E-state index contributed by atoms with van der Waals surface area (Å²) in [5.74, 6) is 1.21. The Morgan fingerprint density at radius 3 is 2.60 bits per heavy atom. The minimum Gasteiger partial charge on any atom is -0.493 e. The average Bonchev–Trinajstić information content (AvgIpc) is 2.77. The van der Waals surface area contributed by atoms with Gasteiger partial charge < -0.3 is 19.5 Å². The van der Waals surface area contributed by atoms with Crippen LogP contribution >= 0.6 is 0 Å². The second-order valence-electron chi connectivity index (χ2n) is 6.74. The summed E-state index contributed by atoms with van der Waals surface area (Å²) in [6, 6.07) is 12.4. The Hall–Kier alpha value is -2.94. The fourth-order valence-corrected chi connectivity index (χ4v) is 4.36. The van der Waals surface area contributed by atoms with Crippen LogP contribution in [0.2, 0.25) is 0 Å². The molecule has 0 fully saturated rings. The van der Waals surface area contributed by atoms with E-state index in [0.29, 0.717) is 35.9 Å². The predicted molar refractivity (Wildman–Crippen MR) is 114 cm³/mol. The quantitative estimate of drug-likeness (QED) is 0.683. The zero-order valence-corrected chi connectivity index (χ0v) is 18.1. The molecule has 1 atom stereocenters. The van der Waals surface area contributed by atoms with Crippen molar-refractivity contribution in [1.82, 2.24) is 5.32 Å². The van der Waals surface area contributed by atoms with Gasteiger partial charge in [-0.25, -0.2) is 8.42 Å². The molecule has 162 valence electrons. The molecule has 30 heavy (non-hydrogen) atoms. The Morgan fingerprint density at radius 2 is 1.90 bits per heavy atom. The first-order valence-corrected chi connectivity index (χ1v) is 11.2. The summed E-state index contributed by atoms with van der Waals surface area (Å²) < 4.78 is 42.6. The van der Waals surface area contributed by atoms with Gasteiger partial charge in [-0.1, -0.05) is 18.2 Å². The second-order valence-corrected chi connectivity index (χ2v) is 8.92. The molecule has 3 rings (SSSR count). The summed E-state index contributed by atoms with van der Waals surface area (Å²) in [7, 11) is -0.393. The van der Waals surface area contributed by atoms with Crippen molar-refractivity contribution in [1.29, 1.82) is 0 Å². The predicted octanol–water partition coefficient (Wildman–Crippen LogP) is 1.98. The van der Waals surface area contributed by atoms with E-state index < -0.39 is 16.1 Å². The van der Waals surface area contributed by atoms with Gasteiger partial charge in [-0.15, -0.1) is 0 Å². The maximum atomic E-state index is 12.7. The van der Waals surface area contributed by atoms with Gasteiger partial charge in [-0.3, -0.25) is 9.10 Å². The van der Waals surface area contributed by atoms with E-state index in [9.17, 15) is 13.2 Å². The summed E-state index contributed by atoms with van der Waals surface area (Å²) in [6.07, 6.45) is -0.349. The standard InChI is InChI=1S/C21H26N2O6S/c1-4-30(25,26)23-14-20(29-17-8-6-5-7-16(17)23)21(24)22-12-11-15-9-10-18(27-2)19(13-15)28-3/h5-10,13,20H,4,11-12,14H2,1-3H3,(H,22,24). The number of carbonyl (C=O) groups is 1. The molecule has 1 unspecified atom stereocenters. The number of methoxy groups -OCH3 is 2. The molecular weight excluding hydrogens is 408 g/mol. The van der Waals surface area contributed by atoms with Gasteiger partial charge in [-0.2, -0.15) is 0 Å². The first-order valence-electron chi connectivity index (χ1n) is 9.64. The number of nitrogens with one attached hydrogen (secondary N) is 1. The van der Waals surface area contributed by atoms with Crippen molar-refractivity contribution in [2.75, 3.05) is 37.4 Å². The monoisotopic (exact) mass is 434 g/mol. The number of para-hydroxylation sites is 2. The molecule has 1 aliphatic heterocycles. The van der Waals surface area contributed by atoms with Gasteiger partial charge in [0.15, 0.2) is 17.6 Å². The average molecular weight is 435 g/mol. The van der Waals surface area contributed by atoms with Crippen molar-refractivity contribution in [3.05, 3.63) is 48.0 Å². The first kappa shape index (κ1) is 21.8. The Morgan fingerprint density at radius 1 is 1.17 bits per heavy atom. The Balaban J connectivity index is 1.66. The number of fused-ring (bicyclic) bond motifs is 1. The number of nitrogens with zero attached hydrogens (tertiary/aromatic N) is 1. The van der Waals surface area contributed by atoms with E-state index in [-0.39, 0.29) is 18.2 Å². The van der Waals surface area contributed by atoms with Crippen LogP contribution in [0.25, 0.3) is 0 Å². The zero-order valence-electron chi connectivity index (χ0n) is 17.3. The lowest BCUT2D eigenvalue weighted by molar-refractivity contribution is -0.127. The van der Waals surface area contributed by atoms with E-state index in [1.165, 1.54) is 4.31 Å². The number of anilines is 1. The number of rotatable bonds is 8. The van der Waals surface area contributed by atoms with Gasteiger partial charge in [-0.05, 0) is 43.2 Å². The van der Waals surface area contributed by atoms with Gasteiger partial charge in [0.2, 0.25) is 10.0 Å². The summed E-state index contributed by atoms with van der Waals surface area (Å²) in [6.45, 7) is 1.89. The molecule has 2 aromatic carbocycles. The molecule has 0 radical (unpaired) electrons. The molecule has 0 aliphatic carbocycles. The van der Waals surface area contributed by atoms with E-state index in [2.05, 4.69) is 5.32 Å². The van der Waals surface area contributed by atoms with Gasteiger partial charge in [0, 0.05) is 6.54 Å². The van der Waals surface area contributed by atoms with Crippen molar-refractivity contribution in [3.63, 3.8) is 0 Å². The third kappa shape index (κ3) is 4.62. The van der Waals surface area contributed by atoms with Crippen molar-refractivity contribution >= 4 is 21.6 Å². The van der Waals surface area contributed by atoms with Crippen molar-refractivity contribution in [3.8, 4) is 17.2 Å². The Kier molecular flexibility index (Phi) is 6.71. The maximum absolute atomic E-state index is 12.7. The molecule has 1 N–H and O–H groups in total. The van der Waals surface area contributed by atoms with E-state index in [0.717, 1.165) is 5.56 Å². The van der Waals surface area contributed by atoms with Crippen LogP contribution in [0.1, 0.15) is 12.5 Å². The van der Waals surface area contributed by atoms with Crippen LogP contribution in [0.3, 0.4) is 0 Å². The van der Waals surface area contributed by atoms with Crippen LogP contribution in [0.15, 0.2) is 42.5 Å². The molecule has 0 aromatic heterocycles. The van der Waals surface area contributed by atoms with Crippen molar-refractivity contribution in [2.24, 2.45) is 0 Å². The van der Waals surface area contributed by atoms with E-state index in [1.54, 1.807) is 45.4 Å². The van der Waals surface area contributed by atoms with Crippen molar-refractivity contribution < 1.29 is 27.4 Å². The Bertz CT molecular complexity index is 1010. The molecule has 1 heterocycles. The highest BCUT2D eigenvalue weighted by atomic mass is 32.2. The van der Waals surface area contributed by atoms with Crippen LogP contribution in [-0.4, -0.2) is 53.5 Å². The summed E-state index contributed by atoms with van der Waals surface area (Å²) >= 11 is 0. The van der Waals surface area contributed by atoms with E-state index >= 15 is 0 Å². The molecule has 0 spiro atoms. The normalized spacial score (nSPS) is 15.7. The lowest BCUT2D eigenvalue weighted by Crippen LogP contribution is -2.51. The van der Waals surface area contributed by atoms with Gasteiger partial charge in [0.25, 0.3) is 5.91 Å². The molecule has 0 bridgehead atoms. The number of carbonyl (C=O) groups excluding carboxylic acids is 1. The SMILES string of the molecule is CCS(=O)(=O)N1CC(C(=O)NCCc2ccc(OC)c(OC)c2)Oc2ccccc21. The third-order valence-corrected chi connectivity index (χ3v) is 6.64. The number of amides is 1. The van der Waals surface area contributed by atoms with Gasteiger partial charge in [0.05, 0.1) is 32.2 Å². The lowest BCUT2D eigenvalue weighted by atomic mass is 10.1. The second kappa shape index (κ2) is 9.25. The highest BCUT2D eigenvalue weighted by molar-refractivity contribution is 7.92. The first-order chi connectivity index (χ1) is 14.4. The number of benzene rings is 2. The molecule has 8 nitrogen and oxygen atoms in total. The molecule has 1 aliphatic rings. The van der Waals surface area contributed by atoms with Crippen LogP contribution in [-0.2, 0) is 21.2 Å². The fraction of sp³-hybridized carbons (Fsp3) is 0.381. The number of hydrogen-bond acceptors (Lipinski definition) is 6. The number of hydrogen-bond donors (Lipinski definition) is 1. The van der Waals surface area contributed by atoms with Crippen LogP contribution in [0.5, 0.6) is 17.2 Å². The largest absolute Gasteiger partial charge is 0.493 e. The van der Waals surface area contributed by atoms with E-state index in [1.807, 2.05) is 18.2 Å². The lowest BCUT2D eigenvalue weighted by Gasteiger charge is -2.34. The number of sulfonamides is 1. The fourth-order valence-electron chi connectivity index (χ4n) is 3.24. The third-order valence-electron chi connectivity index (χ3n) is 4.89. The smallest absolute Gasteiger partial charge is 0.263 e. The summed E-state index contributed by atoms with van der Waals surface area (Å²) in [5.41, 5.74) is 1.42. The molecule has 0 saturated carbocycles. The minimum atomic E-state index is -3.53. The van der Waals surface area contributed by atoms with Crippen LogP contribution in [0.4, 0.5) is 5.69 Å². The van der Waals surface area contributed by atoms with Gasteiger partial charge in [0.1, 0.15) is 5.75 Å². The summed E-state index contributed by atoms with van der Waals surface area (Å²) in [4.78, 5) is 12.7. The molecule has 0 saturated heterocycles. The minimum absolute atomic E-state index is 0.0601. The topological polar surface area (TPSA) is 94.2 Å². The molecule has 2 aromatic rings. The maximum Gasteiger partial charge on any atom is 0.263 e. The Labute approximate surface area is 176 Å². The summed E-state index contributed by atoms with van der Waals surface area (Å²) in [5, 5.41) is 2.83. The van der Waals surface area contributed by atoms with Crippen molar-refractivity contribution in [2.45, 2.75) is 19.4 Å². The molecule has 1 amide bonds. The molecular formula is C21H26N2O6S. The zero-order chi connectivity index (χ0) is 21.7. The van der Waals surface area contributed by atoms with Crippen LogP contribution in [0, 0.1) is 0 Å². The highest BCUT2D eigenvalue weighted by Crippen LogP contribution is 2.35. The van der Waals surface area contributed by atoms with Gasteiger partial charge >= 0.3 is 0 Å². The van der Waals surface area contributed by atoms with E-state index in [4.69, 9.17) is 14.2 Å².